The minimum absolute atomic E-state index is 0.212. The highest BCUT2D eigenvalue weighted by molar-refractivity contribution is 5.85. The zero-order valence-electron chi connectivity index (χ0n) is 14.6. The molecular weight excluding hydrogens is 326 g/mol. The van der Waals surface area contributed by atoms with Crippen molar-refractivity contribution in [2.75, 3.05) is 6.61 Å². The Morgan fingerprint density at radius 2 is 1.65 bits per heavy atom. The van der Waals surface area contributed by atoms with E-state index in [1.54, 1.807) is 19.1 Å². The Bertz CT molecular complexity index is 955. The molecule has 130 valence electrons. The maximum atomic E-state index is 11.6. The molecule has 4 nitrogen and oxygen atoms in total. The van der Waals surface area contributed by atoms with Gasteiger partial charge in [-0.25, -0.2) is 4.85 Å². The number of ether oxygens (including phenoxy) is 2. The van der Waals surface area contributed by atoms with E-state index in [-0.39, 0.29) is 12.4 Å². The molecule has 0 radical (unpaired) electrons. The zero-order valence-corrected chi connectivity index (χ0v) is 14.6. The second-order valence-electron chi connectivity index (χ2n) is 5.89. The van der Waals surface area contributed by atoms with Crippen LogP contribution in [0.4, 0.5) is 5.69 Å². The van der Waals surface area contributed by atoms with Gasteiger partial charge in [0.05, 0.1) is 19.6 Å². The number of hydrogen-bond donors (Lipinski definition) is 0. The molecule has 3 rings (SSSR count). The fourth-order valence-corrected chi connectivity index (χ4v) is 2.69. The average molecular weight is 345 g/mol. The van der Waals surface area contributed by atoms with Crippen LogP contribution >= 0.6 is 0 Å². The molecule has 3 aromatic carbocycles. The molecule has 0 aromatic heterocycles. The van der Waals surface area contributed by atoms with Gasteiger partial charge < -0.3 is 9.47 Å². The summed E-state index contributed by atoms with van der Waals surface area (Å²) >= 11 is 0. The van der Waals surface area contributed by atoms with Crippen molar-refractivity contribution in [3.8, 4) is 5.75 Å². The normalized spacial score (nSPS) is 10.3. The smallest absolute Gasteiger partial charge is 0.310 e. The molecule has 0 N–H and O–H groups in total. The van der Waals surface area contributed by atoms with Gasteiger partial charge in [-0.05, 0) is 41.0 Å². The van der Waals surface area contributed by atoms with Gasteiger partial charge in [-0.1, -0.05) is 48.5 Å². The molecule has 0 spiro atoms. The van der Waals surface area contributed by atoms with Crippen LogP contribution in [0.2, 0.25) is 0 Å². The van der Waals surface area contributed by atoms with Crippen molar-refractivity contribution >= 4 is 22.4 Å². The topological polar surface area (TPSA) is 39.9 Å². The van der Waals surface area contributed by atoms with Crippen LogP contribution in [0.5, 0.6) is 5.75 Å². The van der Waals surface area contributed by atoms with E-state index in [9.17, 15) is 4.79 Å². The fraction of sp³-hybridized carbons (Fsp3) is 0.182. The maximum Gasteiger partial charge on any atom is 0.310 e. The van der Waals surface area contributed by atoms with Gasteiger partial charge in [0.25, 0.3) is 0 Å². The molecule has 0 saturated carbocycles. The van der Waals surface area contributed by atoms with Gasteiger partial charge in [-0.3, -0.25) is 4.79 Å². The lowest BCUT2D eigenvalue weighted by molar-refractivity contribution is -0.142. The van der Waals surface area contributed by atoms with Crippen LogP contribution in [0, 0.1) is 6.57 Å². The molecule has 0 fully saturated rings. The maximum absolute atomic E-state index is 11.6. The third-order valence-corrected chi connectivity index (χ3v) is 4.00. The fourth-order valence-electron chi connectivity index (χ4n) is 2.69. The number of hydrogen-bond acceptors (Lipinski definition) is 3. The molecule has 0 aliphatic rings. The van der Waals surface area contributed by atoms with E-state index in [0.717, 1.165) is 27.6 Å². The zero-order chi connectivity index (χ0) is 18.4. The number of esters is 1. The summed E-state index contributed by atoms with van der Waals surface area (Å²) in [5.41, 5.74) is 2.57. The monoisotopic (exact) mass is 345 g/mol. The van der Waals surface area contributed by atoms with Crippen LogP contribution in [-0.2, 0) is 22.6 Å². The summed E-state index contributed by atoms with van der Waals surface area (Å²) in [6.07, 6.45) is 0.280. The van der Waals surface area contributed by atoms with Crippen molar-refractivity contribution in [1.29, 1.82) is 0 Å². The van der Waals surface area contributed by atoms with Gasteiger partial charge >= 0.3 is 5.97 Å². The summed E-state index contributed by atoms with van der Waals surface area (Å²) in [6, 6.07) is 19.2. The largest absolute Gasteiger partial charge is 0.489 e. The minimum atomic E-state index is -0.212. The van der Waals surface area contributed by atoms with Crippen molar-refractivity contribution in [3.63, 3.8) is 0 Å². The van der Waals surface area contributed by atoms with E-state index in [2.05, 4.69) is 4.85 Å². The van der Waals surface area contributed by atoms with Gasteiger partial charge in [0.2, 0.25) is 0 Å². The van der Waals surface area contributed by atoms with E-state index in [0.29, 0.717) is 18.9 Å². The predicted octanol–water partition coefficient (Wildman–Crippen LogP) is 5.08. The van der Waals surface area contributed by atoms with E-state index in [1.807, 2.05) is 48.5 Å². The van der Waals surface area contributed by atoms with Crippen molar-refractivity contribution < 1.29 is 14.3 Å². The highest BCUT2D eigenvalue weighted by Crippen LogP contribution is 2.23. The molecule has 0 aliphatic heterocycles. The molecule has 0 aliphatic carbocycles. The Balaban J connectivity index is 1.68. The first-order chi connectivity index (χ1) is 12.7. The van der Waals surface area contributed by atoms with Gasteiger partial charge in [0, 0.05) is 0 Å². The second kappa shape index (κ2) is 8.17. The first-order valence-corrected chi connectivity index (χ1v) is 8.45. The summed E-state index contributed by atoms with van der Waals surface area (Å²) in [5.74, 6) is 0.570. The van der Waals surface area contributed by atoms with E-state index >= 15 is 0 Å². The molecule has 0 amide bonds. The summed E-state index contributed by atoms with van der Waals surface area (Å²) < 4.78 is 10.8. The lowest BCUT2D eigenvalue weighted by Crippen LogP contribution is -2.07. The van der Waals surface area contributed by atoms with Crippen molar-refractivity contribution in [2.45, 2.75) is 20.0 Å². The van der Waals surface area contributed by atoms with Crippen LogP contribution in [0.15, 0.2) is 60.7 Å². The lowest BCUT2D eigenvalue weighted by atomic mass is 10.0. The number of nitrogens with zero attached hydrogens (tertiary/aromatic N) is 1. The Morgan fingerprint density at radius 1 is 0.962 bits per heavy atom. The van der Waals surface area contributed by atoms with Crippen LogP contribution in [0.1, 0.15) is 18.1 Å². The van der Waals surface area contributed by atoms with Gasteiger partial charge in [-0.15, -0.1) is 0 Å². The number of carbonyl (C=O) groups excluding carboxylic acids is 1. The number of fused-ring (bicyclic) bond motifs is 1. The summed E-state index contributed by atoms with van der Waals surface area (Å²) in [7, 11) is 0. The van der Waals surface area contributed by atoms with E-state index in [4.69, 9.17) is 16.0 Å². The van der Waals surface area contributed by atoms with Crippen LogP contribution < -0.4 is 4.74 Å². The predicted molar refractivity (Wildman–Crippen MR) is 101 cm³/mol. The van der Waals surface area contributed by atoms with Crippen LogP contribution in [-0.4, -0.2) is 12.6 Å². The SMILES string of the molecule is [C-]#[N+]c1ccc(COc2ccc3cc(CC(=O)OCC)ccc3c2)cc1. The first-order valence-electron chi connectivity index (χ1n) is 8.45. The Morgan fingerprint density at radius 3 is 2.38 bits per heavy atom. The Hall–Kier alpha value is -3.32. The Kier molecular flexibility index (Phi) is 5.50. The number of rotatable bonds is 6. The summed E-state index contributed by atoms with van der Waals surface area (Å²) in [6.45, 7) is 9.62. The lowest BCUT2D eigenvalue weighted by Gasteiger charge is -2.09. The molecule has 0 atom stereocenters. The van der Waals surface area contributed by atoms with Gasteiger partial charge in [0.1, 0.15) is 12.4 Å². The quantitative estimate of drug-likeness (QED) is 0.462. The highest BCUT2D eigenvalue weighted by atomic mass is 16.5. The third kappa shape index (κ3) is 4.40. The highest BCUT2D eigenvalue weighted by Gasteiger charge is 2.06. The minimum Gasteiger partial charge on any atom is -0.489 e. The number of benzene rings is 3. The van der Waals surface area contributed by atoms with Crippen molar-refractivity contribution in [2.24, 2.45) is 0 Å². The van der Waals surface area contributed by atoms with Crippen molar-refractivity contribution in [3.05, 3.63) is 83.2 Å². The Labute approximate surface area is 152 Å². The second-order valence-corrected chi connectivity index (χ2v) is 5.89. The van der Waals surface area contributed by atoms with Gasteiger partial charge in [-0.2, -0.15) is 0 Å². The van der Waals surface area contributed by atoms with Gasteiger partial charge in [0.15, 0.2) is 5.69 Å². The number of carbonyl (C=O) groups is 1. The first kappa shape index (κ1) is 17.5. The molecule has 0 bridgehead atoms. The molecular formula is C22H19NO3. The van der Waals surface area contributed by atoms with Crippen molar-refractivity contribution in [1.82, 2.24) is 0 Å². The molecule has 0 unspecified atom stereocenters. The molecule has 4 heteroatoms. The summed E-state index contributed by atoms with van der Waals surface area (Å²) in [5, 5.41) is 2.11. The molecule has 0 heterocycles. The van der Waals surface area contributed by atoms with E-state index < -0.39 is 0 Å². The van der Waals surface area contributed by atoms with E-state index in [1.165, 1.54) is 0 Å². The molecule has 3 aromatic rings. The summed E-state index contributed by atoms with van der Waals surface area (Å²) in [4.78, 5) is 15.0. The third-order valence-electron chi connectivity index (χ3n) is 4.00. The standard InChI is InChI=1S/C22H19NO3/c1-3-25-22(24)13-17-4-7-19-14-21(11-8-18(19)12-17)26-15-16-5-9-20(23-2)10-6-16/h4-12,14H,3,13,15H2,1H3. The molecule has 26 heavy (non-hydrogen) atoms. The molecule has 0 saturated heterocycles. The van der Waals surface area contributed by atoms with Crippen LogP contribution in [0.3, 0.4) is 0 Å². The van der Waals surface area contributed by atoms with Crippen LogP contribution in [0.25, 0.3) is 15.6 Å². The average Bonchev–Trinajstić information content (AvgIpc) is 2.67.